The number of rotatable bonds is 6. The van der Waals surface area contributed by atoms with Gasteiger partial charge in [-0.05, 0) is 49.9 Å². The third kappa shape index (κ3) is 4.13. The van der Waals surface area contributed by atoms with E-state index in [0.717, 1.165) is 28.5 Å². The van der Waals surface area contributed by atoms with E-state index in [9.17, 15) is 4.79 Å². The predicted molar refractivity (Wildman–Crippen MR) is 112 cm³/mol. The quantitative estimate of drug-likeness (QED) is 0.653. The largest absolute Gasteiger partial charge is 0.349 e. The van der Waals surface area contributed by atoms with Crippen LogP contribution in [-0.4, -0.2) is 35.4 Å². The Morgan fingerprint density at radius 3 is 2.67 bits per heavy atom. The number of nitrogens with one attached hydrogen (secondary N) is 1. The summed E-state index contributed by atoms with van der Waals surface area (Å²) in [7, 11) is 0. The molecule has 1 fully saturated rings. The van der Waals surface area contributed by atoms with Gasteiger partial charge < -0.3 is 5.32 Å². The van der Waals surface area contributed by atoms with Crippen LogP contribution in [0.3, 0.4) is 0 Å². The fourth-order valence-electron chi connectivity index (χ4n) is 3.58. The molecule has 1 saturated heterocycles. The first-order valence-corrected chi connectivity index (χ1v) is 11.0. The van der Waals surface area contributed by atoms with Gasteiger partial charge in [0.2, 0.25) is 0 Å². The van der Waals surface area contributed by atoms with Crippen LogP contribution in [0.2, 0.25) is 0 Å². The smallest absolute Gasteiger partial charge is 0.271 e. The number of amides is 1. The average molecular weight is 398 g/mol. The summed E-state index contributed by atoms with van der Waals surface area (Å²) in [4.78, 5) is 22.2. The molecule has 6 heteroatoms. The van der Waals surface area contributed by atoms with Crippen molar-refractivity contribution in [2.75, 3.05) is 19.6 Å². The molecule has 0 bridgehead atoms. The summed E-state index contributed by atoms with van der Waals surface area (Å²) < 4.78 is 0. The second-order valence-corrected chi connectivity index (χ2v) is 8.94. The summed E-state index contributed by atoms with van der Waals surface area (Å²) in [5, 5.41) is 6.18. The van der Waals surface area contributed by atoms with Gasteiger partial charge in [-0.2, -0.15) is 0 Å². The number of benzene rings is 1. The zero-order valence-electron chi connectivity index (χ0n) is 15.4. The van der Waals surface area contributed by atoms with Crippen molar-refractivity contribution in [1.29, 1.82) is 0 Å². The third-order valence-corrected chi connectivity index (χ3v) is 6.89. The minimum Gasteiger partial charge on any atom is -0.349 e. The zero-order chi connectivity index (χ0) is 18.6. The molecule has 0 saturated carbocycles. The molecule has 1 atom stereocenters. The molecular formula is C21H23N3OS2. The molecule has 3 aromatic rings. The van der Waals surface area contributed by atoms with Gasteiger partial charge in [0.1, 0.15) is 5.69 Å². The molecule has 4 rings (SSSR count). The van der Waals surface area contributed by atoms with Crippen LogP contribution in [0.25, 0.3) is 10.4 Å². The van der Waals surface area contributed by atoms with Crippen LogP contribution in [-0.2, 0) is 0 Å². The van der Waals surface area contributed by atoms with E-state index in [1.165, 1.54) is 17.7 Å². The second-order valence-electron chi connectivity index (χ2n) is 6.76. The molecule has 1 amide bonds. The minimum atomic E-state index is -0.0843. The highest BCUT2D eigenvalue weighted by Gasteiger charge is 2.26. The van der Waals surface area contributed by atoms with E-state index in [4.69, 9.17) is 0 Å². The topological polar surface area (TPSA) is 45.2 Å². The van der Waals surface area contributed by atoms with E-state index >= 15 is 0 Å². The molecule has 27 heavy (non-hydrogen) atoms. The normalized spacial score (nSPS) is 15.7. The number of aryl methyl sites for hydroxylation is 1. The summed E-state index contributed by atoms with van der Waals surface area (Å²) in [6.07, 6.45) is 2.47. The predicted octanol–water partition coefficient (Wildman–Crippen LogP) is 4.75. The molecule has 1 N–H and O–H groups in total. The second kappa shape index (κ2) is 8.33. The fraction of sp³-hybridized carbons (Fsp3) is 0.333. The van der Waals surface area contributed by atoms with Crippen LogP contribution in [0.1, 0.15) is 39.3 Å². The zero-order valence-corrected chi connectivity index (χ0v) is 17.0. The Bertz CT molecular complexity index is 884. The standard InChI is InChI=1S/C21H23N3OS2/c1-15-23-19(20(27-15)16-8-3-2-4-9-16)21(25)22-14-17(18-10-7-13-26-18)24-11-5-6-12-24/h2-4,7-10,13,17H,5-6,11-12,14H2,1H3,(H,22,25). The highest BCUT2D eigenvalue weighted by molar-refractivity contribution is 7.15. The average Bonchev–Trinajstić information content (AvgIpc) is 3.45. The van der Waals surface area contributed by atoms with Crippen molar-refractivity contribution in [3.05, 3.63) is 63.4 Å². The number of carbonyl (C=O) groups is 1. The fourth-order valence-corrected chi connectivity index (χ4v) is 5.37. The lowest BCUT2D eigenvalue weighted by molar-refractivity contribution is 0.0934. The van der Waals surface area contributed by atoms with E-state index in [2.05, 4.69) is 32.7 Å². The number of aromatic nitrogens is 1. The number of carbonyl (C=O) groups excluding carboxylic acids is 1. The first-order valence-electron chi connectivity index (χ1n) is 9.31. The molecule has 0 spiro atoms. The van der Waals surface area contributed by atoms with Gasteiger partial charge >= 0.3 is 0 Å². The summed E-state index contributed by atoms with van der Waals surface area (Å²) in [5.74, 6) is -0.0843. The van der Waals surface area contributed by atoms with Crippen molar-refractivity contribution >= 4 is 28.6 Å². The van der Waals surface area contributed by atoms with Crippen molar-refractivity contribution in [1.82, 2.24) is 15.2 Å². The molecule has 0 aliphatic carbocycles. The van der Waals surface area contributed by atoms with E-state index in [-0.39, 0.29) is 11.9 Å². The number of hydrogen-bond acceptors (Lipinski definition) is 5. The van der Waals surface area contributed by atoms with Gasteiger partial charge in [-0.15, -0.1) is 22.7 Å². The molecule has 4 nitrogen and oxygen atoms in total. The van der Waals surface area contributed by atoms with Gasteiger partial charge in [0.25, 0.3) is 5.91 Å². The SMILES string of the molecule is Cc1nc(C(=O)NCC(c2cccs2)N2CCCC2)c(-c2ccccc2)s1. The molecule has 1 unspecified atom stereocenters. The van der Waals surface area contributed by atoms with Crippen LogP contribution >= 0.6 is 22.7 Å². The van der Waals surface area contributed by atoms with E-state index in [1.54, 1.807) is 22.7 Å². The van der Waals surface area contributed by atoms with Crippen LogP contribution < -0.4 is 5.32 Å². The summed E-state index contributed by atoms with van der Waals surface area (Å²) >= 11 is 3.34. The first-order chi connectivity index (χ1) is 13.2. The van der Waals surface area contributed by atoms with E-state index in [0.29, 0.717) is 12.2 Å². The van der Waals surface area contributed by atoms with Gasteiger partial charge in [-0.3, -0.25) is 9.69 Å². The molecule has 0 radical (unpaired) electrons. The first kappa shape index (κ1) is 18.3. The van der Waals surface area contributed by atoms with Crippen molar-refractivity contribution in [3.63, 3.8) is 0 Å². The summed E-state index contributed by atoms with van der Waals surface area (Å²) in [5.41, 5.74) is 1.58. The Morgan fingerprint density at radius 2 is 1.96 bits per heavy atom. The molecule has 1 aliphatic heterocycles. The Kier molecular flexibility index (Phi) is 5.66. The lowest BCUT2D eigenvalue weighted by Gasteiger charge is -2.26. The molecule has 1 aliphatic rings. The monoisotopic (exact) mass is 397 g/mol. The molecule has 1 aromatic carbocycles. The Hall–Kier alpha value is -2.02. The van der Waals surface area contributed by atoms with Crippen molar-refractivity contribution in [2.24, 2.45) is 0 Å². The lowest BCUT2D eigenvalue weighted by atomic mass is 10.1. The number of thiazole rings is 1. The molecule has 2 aromatic heterocycles. The van der Waals surface area contributed by atoms with Gasteiger partial charge in [0.05, 0.1) is 15.9 Å². The van der Waals surface area contributed by atoms with E-state index in [1.807, 2.05) is 37.3 Å². The number of hydrogen-bond donors (Lipinski definition) is 1. The van der Waals surface area contributed by atoms with Crippen LogP contribution in [0.4, 0.5) is 0 Å². The maximum absolute atomic E-state index is 13.0. The summed E-state index contributed by atoms with van der Waals surface area (Å²) in [6, 6.07) is 14.5. The Morgan fingerprint density at radius 1 is 1.19 bits per heavy atom. The van der Waals surface area contributed by atoms with Crippen LogP contribution in [0, 0.1) is 6.92 Å². The van der Waals surface area contributed by atoms with Crippen molar-refractivity contribution < 1.29 is 4.79 Å². The van der Waals surface area contributed by atoms with Gasteiger partial charge in [0.15, 0.2) is 0 Å². The Labute approximate surface area is 167 Å². The maximum atomic E-state index is 13.0. The summed E-state index contributed by atoms with van der Waals surface area (Å²) in [6.45, 7) is 4.77. The number of thiophene rings is 1. The third-order valence-electron chi connectivity index (χ3n) is 4.89. The molecule has 3 heterocycles. The van der Waals surface area contributed by atoms with Gasteiger partial charge in [-0.1, -0.05) is 36.4 Å². The number of nitrogens with zero attached hydrogens (tertiary/aromatic N) is 2. The van der Waals surface area contributed by atoms with Crippen molar-refractivity contribution in [3.8, 4) is 10.4 Å². The lowest BCUT2D eigenvalue weighted by Crippen LogP contribution is -2.36. The van der Waals surface area contributed by atoms with Gasteiger partial charge in [-0.25, -0.2) is 4.98 Å². The number of likely N-dealkylation sites (tertiary alicyclic amines) is 1. The molecule has 140 valence electrons. The van der Waals surface area contributed by atoms with Gasteiger partial charge in [0, 0.05) is 11.4 Å². The highest BCUT2D eigenvalue weighted by atomic mass is 32.1. The van der Waals surface area contributed by atoms with Crippen molar-refractivity contribution in [2.45, 2.75) is 25.8 Å². The maximum Gasteiger partial charge on any atom is 0.271 e. The Balaban J connectivity index is 1.52. The van der Waals surface area contributed by atoms with Crippen LogP contribution in [0.5, 0.6) is 0 Å². The van der Waals surface area contributed by atoms with Crippen LogP contribution in [0.15, 0.2) is 47.8 Å². The van der Waals surface area contributed by atoms with E-state index < -0.39 is 0 Å². The minimum absolute atomic E-state index is 0.0843. The molecular weight excluding hydrogens is 374 g/mol. The highest BCUT2D eigenvalue weighted by Crippen LogP contribution is 2.31.